The third kappa shape index (κ3) is 6.41. The highest BCUT2D eigenvalue weighted by molar-refractivity contribution is 5.98. The second-order valence-electron chi connectivity index (χ2n) is 8.48. The quantitative estimate of drug-likeness (QED) is 0.358. The molecule has 1 aliphatic rings. The molecule has 11 nitrogen and oxygen atoms in total. The molecule has 2 amide bonds. The summed E-state index contributed by atoms with van der Waals surface area (Å²) in [6, 6.07) is 12.6. The Morgan fingerprint density at radius 3 is 2.70 bits per heavy atom. The molecular formula is C25H28FN7O4. The first kappa shape index (κ1) is 25.6. The van der Waals surface area contributed by atoms with Gasteiger partial charge in [-0.3, -0.25) is 4.79 Å². The van der Waals surface area contributed by atoms with Gasteiger partial charge in [-0.15, -0.1) is 0 Å². The highest BCUT2D eigenvalue weighted by Crippen LogP contribution is 2.26. The monoisotopic (exact) mass is 509 g/mol. The van der Waals surface area contributed by atoms with Gasteiger partial charge in [0.15, 0.2) is 11.6 Å². The number of carbonyl (C=O) groups excluding carboxylic acids is 2. The van der Waals surface area contributed by atoms with Crippen molar-refractivity contribution in [2.24, 2.45) is 11.5 Å². The number of amides is 2. The van der Waals surface area contributed by atoms with E-state index in [4.69, 9.17) is 20.9 Å². The molecule has 0 spiro atoms. The van der Waals surface area contributed by atoms with E-state index in [1.807, 2.05) is 30.3 Å². The van der Waals surface area contributed by atoms with Crippen molar-refractivity contribution in [1.82, 2.24) is 14.9 Å². The van der Waals surface area contributed by atoms with E-state index < -0.39 is 23.9 Å². The third-order valence-electron chi connectivity index (χ3n) is 5.90. The van der Waals surface area contributed by atoms with Crippen molar-refractivity contribution in [3.8, 4) is 5.88 Å². The van der Waals surface area contributed by atoms with Crippen LogP contribution in [-0.2, 0) is 11.3 Å². The molecule has 6 N–H and O–H groups in total. The van der Waals surface area contributed by atoms with Crippen molar-refractivity contribution in [3.05, 3.63) is 71.7 Å². The van der Waals surface area contributed by atoms with E-state index >= 15 is 0 Å². The predicted octanol–water partition coefficient (Wildman–Crippen LogP) is 2.62. The summed E-state index contributed by atoms with van der Waals surface area (Å²) in [5.74, 6) is -1.43. The Hall–Kier alpha value is -4.45. The minimum Gasteiger partial charge on any atom is -0.481 e. The van der Waals surface area contributed by atoms with E-state index in [1.165, 1.54) is 18.2 Å². The number of aromatic nitrogens is 2. The number of nitrogens with one attached hydrogen (secondary N) is 2. The summed E-state index contributed by atoms with van der Waals surface area (Å²) in [5.41, 5.74) is 13.0. The van der Waals surface area contributed by atoms with Gasteiger partial charge in [0.1, 0.15) is 12.4 Å². The molecule has 0 unspecified atom stereocenters. The lowest BCUT2D eigenvalue weighted by Gasteiger charge is -2.37. The second kappa shape index (κ2) is 11.5. The van der Waals surface area contributed by atoms with Crippen molar-refractivity contribution in [3.63, 3.8) is 0 Å². The Balaban J connectivity index is 1.49. The van der Waals surface area contributed by atoms with Crippen molar-refractivity contribution in [2.45, 2.75) is 25.1 Å². The van der Waals surface area contributed by atoms with E-state index in [0.717, 1.165) is 11.6 Å². The van der Waals surface area contributed by atoms with Crippen LogP contribution in [0.3, 0.4) is 0 Å². The van der Waals surface area contributed by atoms with Crippen LogP contribution in [0.5, 0.6) is 5.88 Å². The van der Waals surface area contributed by atoms with Gasteiger partial charge in [-0.05, 0) is 24.1 Å². The summed E-state index contributed by atoms with van der Waals surface area (Å²) in [4.78, 5) is 34.4. The molecule has 1 saturated heterocycles. The van der Waals surface area contributed by atoms with Gasteiger partial charge in [-0.1, -0.05) is 30.3 Å². The van der Waals surface area contributed by atoms with Crippen LogP contribution in [0.1, 0.15) is 22.3 Å². The van der Waals surface area contributed by atoms with Gasteiger partial charge in [0.05, 0.1) is 18.7 Å². The number of carbonyl (C=O) groups is 2. The number of benzene rings is 1. The number of nitrogens with two attached hydrogens (primary N) is 2. The molecule has 0 aliphatic carbocycles. The third-order valence-corrected chi connectivity index (χ3v) is 5.90. The summed E-state index contributed by atoms with van der Waals surface area (Å²) in [5, 5.41) is 5.93. The predicted molar refractivity (Wildman–Crippen MR) is 135 cm³/mol. The van der Waals surface area contributed by atoms with Gasteiger partial charge < -0.3 is 36.5 Å². The number of rotatable bonds is 8. The topological polar surface area (TPSA) is 158 Å². The van der Waals surface area contributed by atoms with Crippen LogP contribution in [-0.4, -0.2) is 59.2 Å². The molecule has 1 fully saturated rings. The number of likely N-dealkylation sites (tertiary alicyclic amines) is 1. The molecule has 194 valence electrons. The van der Waals surface area contributed by atoms with Crippen molar-refractivity contribution in [1.29, 1.82) is 0 Å². The zero-order valence-corrected chi connectivity index (χ0v) is 20.2. The number of ether oxygens (including phenoxy) is 2. The van der Waals surface area contributed by atoms with Crippen LogP contribution in [0.15, 0.2) is 54.7 Å². The van der Waals surface area contributed by atoms with E-state index in [-0.39, 0.29) is 36.4 Å². The maximum atomic E-state index is 15.0. The van der Waals surface area contributed by atoms with Gasteiger partial charge in [-0.2, -0.15) is 0 Å². The van der Waals surface area contributed by atoms with Crippen molar-refractivity contribution >= 4 is 29.3 Å². The van der Waals surface area contributed by atoms with Gasteiger partial charge in [0.2, 0.25) is 5.88 Å². The lowest BCUT2D eigenvalue weighted by Crippen LogP contribution is -2.55. The maximum absolute atomic E-state index is 15.0. The lowest BCUT2D eigenvalue weighted by atomic mass is 10.0. The number of pyridine rings is 2. The standard InChI is InChI=1S/C25H28FN7O4/c1-36-21-11-16(7-9-29-21)30-23-17(22(28)34)12-18(26)24(32-23)31-20-13-33(10-8-19(20)27)25(35)37-14-15-5-3-2-4-6-15/h2-7,9,11-12,19-20H,8,10,13-14,27H2,1H3,(H2,28,34)(H2,29,30,31,32)/t19-,20+/m0/s1. The molecule has 2 aromatic heterocycles. The Kier molecular flexibility index (Phi) is 7.98. The average Bonchev–Trinajstić information content (AvgIpc) is 2.90. The largest absolute Gasteiger partial charge is 0.481 e. The first-order chi connectivity index (χ1) is 17.8. The zero-order valence-electron chi connectivity index (χ0n) is 20.2. The fourth-order valence-electron chi connectivity index (χ4n) is 3.88. The number of methoxy groups -OCH3 is 1. The van der Waals surface area contributed by atoms with E-state index in [1.54, 1.807) is 12.1 Å². The molecule has 1 aromatic carbocycles. The molecule has 0 bridgehead atoms. The summed E-state index contributed by atoms with van der Waals surface area (Å²) in [6.07, 6.45) is 1.48. The molecule has 0 radical (unpaired) electrons. The van der Waals surface area contributed by atoms with E-state index in [9.17, 15) is 14.0 Å². The molecule has 3 heterocycles. The van der Waals surface area contributed by atoms with Crippen molar-refractivity contribution in [2.75, 3.05) is 30.8 Å². The number of hydrogen-bond acceptors (Lipinski definition) is 9. The molecule has 12 heteroatoms. The molecule has 37 heavy (non-hydrogen) atoms. The summed E-state index contributed by atoms with van der Waals surface area (Å²) >= 11 is 0. The van der Waals surface area contributed by atoms with Crippen LogP contribution >= 0.6 is 0 Å². The van der Waals surface area contributed by atoms with Gasteiger partial charge in [0, 0.05) is 37.1 Å². The van der Waals surface area contributed by atoms with E-state index in [2.05, 4.69) is 20.6 Å². The van der Waals surface area contributed by atoms with Gasteiger partial charge in [-0.25, -0.2) is 19.2 Å². The minimum atomic E-state index is -0.858. The van der Waals surface area contributed by atoms with Gasteiger partial charge >= 0.3 is 6.09 Å². The number of anilines is 3. The molecule has 2 atom stereocenters. The molecule has 3 aromatic rings. The first-order valence-electron chi connectivity index (χ1n) is 11.6. The number of primary amides is 1. The fraction of sp³-hybridized carbons (Fsp3) is 0.280. The Labute approximate surface area is 213 Å². The molecular weight excluding hydrogens is 481 g/mol. The van der Waals surface area contributed by atoms with Crippen LogP contribution in [0.25, 0.3) is 0 Å². The van der Waals surface area contributed by atoms with Gasteiger partial charge in [0.25, 0.3) is 5.91 Å². The minimum absolute atomic E-state index is 0.0353. The molecule has 4 rings (SSSR count). The number of nitrogens with zero attached hydrogens (tertiary/aromatic N) is 3. The Morgan fingerprint density at radius 2 is 1.97 bits per heavy atom. The lowest BCUT2D eigenvalue weighted by molar-refractivity contribution is 0.0849. The second-order valence-corrected chi connectivity index (χ2v) is 8.48. The Morgan fingerprint density at radius 1 is 1.19 bits per heavy atom. The smallest absolute Gasteiger partial charge is 0.410 e. The zero-order chi connectivity index (χ0) is 26.4. The number of halogens is 1. The van der Waals surface area contributed by atoms with Crippen LogP contribution < -0.4 is 26.8 Å². The first-order valence-corrected chi connectivity index (χ1v) is 11.6. The normalized spacial score (nSPS) is 17.1. The number of hydrogen-bond donors (Lipinski definition) is 4. The maximum Gasteiger partial charge on any atom is 0.410 e. The fourth-order valence-corrected chi connectivity index (χ4v) is 3.88. The Bertz CT molecular complexity index is 1260. The van der Waals surface area contributed by atoms with Crippen LogP contribution in [0.2, 0.25) is 0 Å². The van der Waals surface area contributed by atoms with Crippen molar-refractivity contribution < 1.29 is 23.5 Å². The average molecular weight is 510 g/mol. The molecule has 0 saturated carbocycles. The number of piperidine rings is 1. The summed E-state index contributed by atoms with van der Waals surface area (Å²) < 4.78 is 25.5. The SMILES string of the molecule is COc1cc(Nc2nc(N[C@@H]3CN(C(=O)OCc4ccccc4)CC[C@@H]3N)c(F)cc2C(N)=O)ccn1. The molecule has 1 aliphatic heterocycles. The summed E-state index contributed by atoms with van der Waals surface area (Å²) in [6.45, 7) is 0.720. The highest BCUT2D eigenvalue weighted by atomic mass is 19.1. The summed E-state index contributed by atoms with van der Waals surface area (Å²) in [7, 11) is 1.47. The van der Waals surface area contributed by atoms with E-state index in [0.29, 0.717) is 24.5 Å². The van der Waals surface area contributed by atoms with Crippen LogP contribution in [0, 0.1) is 5.82 Å². The highest BCUT2D eigenvalue weighted by Gasteiger charge is 2.31. The van der Waals surface area contributed by atoms with Crippen LogP contribution in [0.4, 0.5) is 26.5 Å².